The number of hydrogen-bond acceptors (Lipinski definition) is 4. The lowest BCUT2D eigenvalue weighted by Crippen LogP contribution is -2.50. The van der Waals surface area contributed by atoms with Crippen molar-refractivity contribution < 1.29 is 19.2 Å². The van der Waals surface area contributed by atoms with Crippen molar-refractivity contribution in [3.8, 4) is 0 Å². The monoisotopic (exact) mass is 386 g/mol. The van der Waals surface area contributed by atoms with Gasteiger partial charge in [-0.3, -0.25) is 19.3 Å². The predicted octanol–water partition coefficient (Wildman–Crippen LogP) is 0.801. The van der Waals surface area contributed by atoms with Crippen LogP contribution < -0.4 is 16.0 Å². The second kappa shape index (κ2) is 8.00. The van der Waals surface area contributed by atoms with Gasteiger partial charge in [0.05, 0.1) is 0 Å². The number of nitrogens with one attached hydrogen (secondary N) is 3. The summed E-state index contributed by atoms with van der Waals surface area (Å²) in [6.45, 7) is 3.60. The molecule has 150 valence electrons. The van der Waals surface area contributed by atoms with E-state index in [1.807, 2.05) is 31.2 Å². The molecule has 3 N–H and O–H groups in total. The molecule has 2 atom stereocenters. The number of rotatable bonds is 6. The molecule has 0 saturated carbocycles. The number of amides is 5. The summed E-state index contributed by atoms with van der Waals surface area (Å²) in [6, 6.07) is 6.24. The summed E-state index contributed by atoms with van der Waals surface area (Å²) in [5.74, 6) is -1.27. The molecule has 3 rings (SSSR count). The van der Waals surface area contributed by atoms with E-state index in [-0.39, 0.29) is 5.91 Å². The van der Waals surface area contributed by atoms with Crippen molar-refractivity contribution in [1.82, 2.24) is 20.9 Å². The van der Waals surface area contributed by atoms with Crippen molar-refractivity contribution in [3.05, 3.63) is 35.4 Å². The summed E-state index contributed by atoms with van der Waals surface area (Å²) >= 11 is 0. The third-order valence-electron chi connectivity index (χ3n) is 5.27. The Bertz CT molecular complexity index is 809. The Balaban J connectivity index is 1.70. The van der Waals surface area contributed by atoms with Crippen molar-refractivity contribution >= 4 is 23.8 Å². The molecule has 0 bridgehead atoms. The van der Waals surface area contributed by atoms with Crippen molar-refractivity contribution in [2.75, 3.05) is 13.1 Å². The molecule has 8 nitrogen and oxygen atoms in total. The Morgan fingerprint density at radius 3 is 2.79 bits per heavy atom. The fourth-order valence-electron chi connectivity index (χ4n) is 3.85. The number of carbonyl (C=O) groups excluding carboxylic acids is 4. The Morgan fingerprint density at radius 2 is 2.04 bits per heavy atom. The van der Waals surface area contributed by atoms with E-state index in [0.717, 1.165) is 35.3 Å². The van der Waals surface area contributed by atoms with E-state index in [2.05, 4.69) is 16.0 Å². The van der Waals surface area contributed by atoms with Gasteiger partial charge in [0.2, 0.25) is 11.8 Å². The van der Waals surface area contributed by atoms with E-state index >= 15 is 0 Å². The predicted molar refractivity (Wildman–Crippen MR) is 102 cm³/mol. The van der Waals surface area contributed by atoms with Crippen LogP contribution in [0.25, 0.3) is 0 Å². The first-order valence-corrected chi connectivity index (χ1v) is 9.68. The molecule has 0 unspecified atom stereocenters. The van der Waals surface area contributed by atoms with E-state index in [1.165, 1.54) is 0 Å². The number of aryl methyl sites for hydroxylation is 1. The molecule has 1 saturated heterocycles. The lowest BCUT2D eigenvalue weighted by molar-refractivity contribution is -0.136. The molecule has 1 fully saturated rings. The van der Waals surface area contributed by atoms with Gasteiger partial charge in [0, 0.05) is 6.54 Å². The highest BCUT2D eigenvalue weighted by molar-refractivity contribution is 6.09. The average molecular weight is 386 g/mol. The Kier molecular flexibility index (Phi) is 5.67. The average Bonchev–Trinajstić information content (AvgIpc) is 2.91. The summed E-state index contributed by atoms with van der Waals surface area (Å²) in [4.78, 5) is 50.8. The van der Waals surface area contributed by atoms with Crippen LogP contribution in [0.15, 0.2) is 24.3 Å². The SMILES string of the molecule is CCCNC(=O)[C@H](C)NC(=O)CN1C(=O)N[C@@]2(CCCc3ccccc32)C1=O. The van der Waals surface area contributed by atoms with Gasteiger partial charge >= 0.3 is 6.03 Å². The van der Waals surface area contributed by atoms with Crippen molar-refractivity contribution in [2.45, 2.75) is 51.1 Å². The number of urea groups is 1. The molecule has 0 aromatic heterocycles. The summed E-state index contributed by atoms with van der Waals surface area (Å²) in [5.41, 5.74) is 0.737. The van der Waals surface area contributed by atoms with Crippen molar-refractivity contribution in [1.29, 1.82) is 0 Å². The largest absolute Gasteiger partial charge is 0.354 e. The molecule has 1 aromatic carbocycles. The van der Waals surface area contributed by atoms with E-state index in [4.69, 9.17) is 0 Å². The molecule has 1 heterocycles. The summed E-state index contributed by atoms with van der Waals surface area (Å²) in [6.07, 6.45) is 2.92. The number of nitrogens with zero attached hydrogens (tertiary/aromatic N) is 1. The molecule has 1 aliphatic carbocycles. The minimum atomic E-state index is -1.10. The number of fused-ring (bicyclic) bond motifs is 2. The van der Waals surface area contributed by atoms with Gasteiger partial charge in [-0.15, -0.1) is 0 Å². The van der Waals surface area contributed by atoms with Gasteiger partial charge in [0.25, 0.3) is 5.91 Å². The molecule has 8 heteroatoms. The van der Waals surface area contributed by atoms with Crippen LogP contribution in [0.2, 0.25) is 0 Å². The first kappa shape index (κ1) is 19.9. The van der Waals surface area contributed by atoms with Gasteiger partial charge in [0.15, 0.2) is 0 Å². The first-order valence-electron chi connectivity index (χ1n) is 9.68. The molecular formula is C20H26N4O4. The molecule has 28 heavy (non-hydrogen) atoms. The highest BCUT2D eigenvalue weighted by Crippen LogP contribution is 2.39. The second-order valence-electron chi connectivity index (χ2n) is 7.32. The van der Waals surface area contributed by atoms with Gasteiger partial charge in [-0.05, 0) is 43.7 Å². The molecular weight excluding hydrogens is 360 g/mol. The number of imide groups is 1. The number of hydrogen-bond donors (Lipinski definition) is 3. The zero-order valence-electron chi connectivity index (χ0n) is 16.2. The number of carbonyl (C=O) groups is 4. The Labute approximate surface area is 164 Å². The maximum atomic E-state index is 13.1. The third-order valence-corrected chi connectivity index (χ3v) is 5.27. The summed E-state index contributed by atoms with van der Waals surface area (Å²) in [7, 11) is 0. The van der Waals surface area contributed by atoms with E-state index in [1.54, 1.807) is 6.92 Å². The lowest BCUT2D eigenvalue weighted by atomic mass is 9.76. The highest BCUT2D eigenvalue weighted by atomic mass is 16.2. The minimum absolute atomic E-state index is 0.301. The Hall–Kier alpha value is -2.90. The third kappa shape index (κ3) is 3.58. The molecule has 5 amide bonds. The Morgan fingerprint density at radius 1 is 1.29 bits per heavy atom. The zero-order chi connectivity index (χ0) is 20.3. The first-order chi connectivity index (χ1) is 13.4. The number of benzene rings is 1. The van der Waals surface area contributed by atoms with Crippen LogP contribution >= 0.6 is 0 Å². The fourth-order valence-corrected chi connectivity index (χ4v) is 3.85. The lowest BCUT2D eigenvalue weighted by Gasteiger charge is -2.33. The van der Waals surface area contributed by atoms with Crippen LogP contribution in [0.5, 0.6) is 0 Å². The van der Waals surface area contributed by atoms with Gasteiger partial charge in [-0.2, -0.15) is 0 Å². The molecule has 1 aliphatic heterocycles. The van der Waals surface area contributed by atoms with Crippen LogP contribution in [-0.2, 0) is 26.3 Å². The second-order valence-corrected chi connectivity index (χ2v) is 7.32. The van der Waals surface area contributed by atoms with E-state index < -0.39 is 36.0 Å². The topological polar surface area (TPSA) is 108 Å². The fraction of sp³-hybridized carbons (Fsp3) is 0.500. The molecule has 0 radical (unpaired) electrons. The summed E-state index contributed by atoms with van der Waals surface area (Å²) < 4.78 is 0. The van der Waals surface area contributed by atoms with Crippen LogP contribution in [0.4, 0.5) is 4.79 Å². The van der Waals surface area contributed by atoms with Crippen LogP contribution in [0.1, 0.15) is 44.2 Å². The van der Waals surface area contributed by atoms with E-state index in [9.17, 15) is 19.2 Å². The minimum Gasteiger partial charge on any atom is -0.354 e. The highest BCUT2D eigenvalue weighted by Gasteiger charge is 2.54. The maximum Gasteiger partial charge on any atom is 0.325 e. The van der Waals surface area contributed by atoms with Crippen LogP contribution in [0, 0.1) is 0 Å². The van der Waals surface area contributed by atoms with Crippen molar-refractivity contribution in [2.24, 2.45) is 0 Å². The smallest absolute Gasteiger partial charge is 0.325 e. The van der Waals surface area contributed by atoms with Gasteiger partial charge in [-0.25, -0.2) is 4.79 Å². The quantitative estimate of drug-likeness (QED) is 0.629. The maximum absolute atomic E-state index is 13.1. The van der Waals surface area contributed by atoms with Crippen LogP contribution in [0.3, 0.4) is 0 Å². The van der Waals surface area contributed by atoms with E-state index in [0.29, 0.717) is 13.0 Å². The molecule has 1 spiro atoms. The van der Waals surface area contributed by atoms with Crippen LogP contribution in [-0.4, -0.2) is 47.8 Å². The van der Waals surface area contributed by atoms with Gasteiger partial charge < -0.3 is 16.0 Å². The molecule has 2 aliphatic rings. The summed E-state index contributed by atoms with van der Waals surface area (Å²) in [5, 5.41) is 8.05. The molecule has 1 aromatic rings. The standard InChI is InChI=1S/C20H26N4O4/c1-3-11-21-17(26)13(2)22-16(25)12-24-18(27)20(23-19(24)28)10-6-8-14-7-4-5-9-15(14)20/h4-5,7,9,13H,3,6,8,10-12H2,1-2H3,(H,21,26)(H,22,25)(H,23,28)/t13-,20+/m0/s1. The van der Waals surface area contributed by atoms with Gasteiger partial charge in [0.1, 0.15) is 18.1 Å². The normalized spacial score (nSPS) is 21.9. The van der Waals surface area contributed by atoms with Crippen molar-refractivity contribution in [3.63, 3.8) is 0 Å². The van der Waals surface area contributed by atoms with Gasteiger partial charge in [-0.1, -0.05) is 31.2 Å². The zero-order valence-corrected chi connectivity index (χ0v) is 16.2.